The lowest BCUT2D eigenvalue weighted by Gasteiger charge is -2.24. The molecule has 3 amide bonds. The minimum atomic E-state index is -1.07. The molecule has 1 aliphatic rings. The molecule has 0 aromatic heterocycles. The van der Waals surface area contributed by atoms with Gasteiger partial charge in [-0.15, -0.1) is 5.01 Å². The van der Waals surface area contributed by atoms with Crippen LogP contribution in [0.3, 0.4) is 0 Å². The van der Waals surface area contributed by atoms with Gasteiger partial charge in [0.2, 0.25) is 0 Å². The predicted octanol–water partition coefficient (Wildman–Crippen LogP) is 3.64. The number of imide groups is 1. The molecule has 0 unspecified atom stereocenters. The van der Waals surface area contributed by atoms with Crippen LogP contribution in [0.2, 0.25) is 0 Å². The fourth-order valence-corrected chi connectivity index (χ4v) is 3.12. The van der Waals surface area contributed by atoms with E-state index in [0.29, 0.717) is 6.42 Å². The SMILES string of the molecule is CC[C@]1(c2ccccc2)NC(=O)N(/N=C\c2ccccc2Br)C1=O. The number of rotatable bonds is 4. The molecule has 3 rings (SSSR count). The first kappa shape index (κ1) is 16.4. The van der Waals surface area contributed by atoms with Crippen molar-refractivity contribution in [2.75, 3.05) is 0 Å². The number of hydrazone groups is 1. The Bertz CT molecular complexity index is 807. The predicted molar refractivity (Wildman–Crippen MR) is 95.5 cm³/mol. The zero-order valence-electron chi connectivity index (χ0n) is 13.1. The topological polar surface area (TPSA) is 61.8 Å². The van der Waals surface area contributed by atoms with Crippen molar-refractivity contribution in [3.63, 3.8) is 0 Å². The molecular formula is C18H16BrN3O2. The highest BCUT2D eigenvalue weighted by atomic mass is 79.9. The summed E-state index contributed by atoms with van der Waals surface area (Å²) in [6.07, 6.45) is 1.95. The Kier molecular flexibility index (Phi) is 4.49. The average Bonchev–Trinajstić information content (AvgIpc) is 2.86. The van der Waals surface area contributed by atoms with Crippen LogP contribution in [0.4, 0.5) is 4.79 Å². The van der Waals surface area contributed by atoms with Gasteiger partial charge in [-0.2, -0.15) is 5.10 Å². The lowest BCUT2D eigenvalue weighted by Crippen LogP contribution is -2.43. The van der Waals surface area contributed by atoms with Crippen molar-refractivity contribution in [2.45, 2.75) is 18.9 Å². The third-order valence-corrected chi connectivity index (χ3v) is 4.81. The highest BCUT2D eigenvalue weighted by Gasteiger charge is 2.51. The molecule has 0 saturated carbocycles. The minimum absolute atomic E-state index is 0.371. The van der Waals surface area contributed by atoms with E-state index in [2.05, 4.69) is 26.3 Å². The third kappa shape index (κ3) is 2.73. The van der Waals surface area contributed by atoms with Crippen LogP contribution in [0.25, 0.3) is 0 Å². The molecule has 1 aliphatic heterocycles. The number of nitrogens with one attached hydrogen (secondary N) is 1. The maximum absolute atomic E-state index is 12.9. The normalized spacial score (nSPS) is 20.7. The van der Waals surface area contributed by atoms with Gasteiger partial charge in [0, 0.05) is 10.0 Å². The standard InChI is InChI=1S/C18H16BrN3O2/c1-2-18(14-9-4-3-5-10-14)16(23)22(17(24)21-18)20-12-13-8-6-7-11-15(13)19/h3-12H,2H2,1H3,(H,21,24)/b20-12-/t18-/m1/s1. The molecule has 2 aromatic rings. The average molecular weight is 386 g/mol. The number of hydrogen-bond donors (Lipinski definition) is 1. The number of urea groups is 1. The van der Waals surface area contributed by atoms with Gasteiger partial charge >= 0.3 is 6.03 Å². The lowest BCUT2D eigenvalue weighted by atomic mass is 9.87. The molecule has 0 aliphatic carbocycles. The van der Waals surface area contributed by atoms with Gasteiger partial charge in [0.1, 0.15) is 5.54 Å². The van der Waals surface area contributed by atoms with Gasteiger partial charge in [-0.05, 0) is 18.1 Å². The summed E-state index contributed by atoms with van der Waals surface area (Å²) in [5, 5.41) is 7.80. The monoisotopic (exact) mass is 385 g/mol. The van der Waals surface area contributed by atoms with E-state index in [4.69, 9.17) is 0 Å². The molecule has 24 heavy (non-hydrogen) atoms. The first-order valence-corrected chi connectivity index (χ1v) is 8.38. The fourth-order valence-electron chi connectivity index (χ4n) is 2.73. The van der Waals surface area contributed by atoms with E-state index in [-0.39, 0.29) is 5.91 Å². The van der Waals surface area contributed by atoms with Crippen molar-refractivity contribution in [3.8, 4) is 0 Å². The number of halogens is 1. The van der Waals surface area contributed by atoms with E-state index >= 15 is 0 Å². The number of nitrogens with zero attached hydrogens (tertiary/aromatic N) is 2. The summed E-state index contributed by atoms with van der Waals surface area (Å²) in [4.78, 5) is 25.2. The summed E-state index contributed by atoms with van der Waals surface area (Å²) in [5.74, 6) is -0.371. The van der Waals surface area contributed by atoms with Gasteiger partial charge in [-0.1, -0.05) is 71.4 Å². The van der Waals surface area contributed by atoms with Crippen LogP contribution in [0.1, 0.15) is 24.5 Å². The number of amides is 3. The molecule has 6 heteroatoms. The zero-order chi connectivity index (χ0) is 17.2. The van der Waals surface area contributed by atoms with Crippen LogP contribution in [0, 0.1) is 0 Å². The van der Waals surface area contributed by atoms with Crippen molar-refractivity contribution < 1.29 is 9.59 Å². The van der Waals surface area contributed by atoms with Crippen LogP contribution in [-0.4, -0.2) is 23.2 Å². The summed E-state index contributed by atoms with van der Waals surface area (Å²) < 4.78 is 0.839. The molecule has 5 nitrogen and oxygen atoms in total. The van der Waals surface area contributed by atoms with Crippen LogP contribution in [-0.2, 0) is 10.3 Å². The maximum atomic E-state index is 12.9. The molecule has 1 heterocycles. The van der Waals surface area contributed by atoms with E-state index < -0.39 is 11.6 Å². The largest absolute Gasteiger partial charge is 0.346 e. The third-order valence-electron chi connectivity index (χ3n) is 4.08. The van der Waals surface area contributed by atoms with Gasteiger partial charge in [0.25, 0.3) is 5.91 Å². The molecule has 0 spiro atoms. The molecule has 2 aromatic carbocycles. The molecular weight excluding hydrogens is 370 g/mol. The van der Waals surface area contributed by atoms with E-state index in [1.807, 2.05) is 61.5 Å². The highest BCUT2D eigenvalue weighted by molar-refractivity contribution is 9.10. The van der Waals surface area contributed by atoms with Crippen LogP contribution in [0.15, 0.2) is 64.2 Å². The van der Waals surface area contributed by atoms with Gasteiger partial charge in [0.15, 0.2) is 0 Å². The second-order valence-corrected chi connectivity index (χ2v) is 6.29. The molecule has 1 fully saturated rings. The Morgan fingerprint density at radius 3 is 2.46 bits per heavy atom. The molecule has 0 radical (unpaired) electrons. The second kappa shape index (κ2) is 6.57. The van der Waals surface area contributed by atoms with E-state index in [9.17, 15) is 9.59 Å². The Morgan fingerprint density at radius 2 is 1.79 bits per heavy atom. The smallest absolute Gasteiger partial charge is 0.318 e. The summed E-state index contributed by atoms with van der Waals surface area (Å²) in [6, 6.07) is 16.2. The first-order valence-electron chi connectivity index (χ1n) is 7.59. The zero-order valence-corrected chi connectivity index (χ0v) is 14.7. The summed E-state index contributed by atoms with van der Waals surface area (Å²) in [6.45, 7) is 1.87. The van der Waals surface area contributed by atoms with Crippen molar-refractivity contribution >= 4 is 34.1 Å². The Labute approximate surface area is 148 Å². The van der Waals surface area contributed by atoms with Gasteiger partial charge < -0.3 is 5.32 Å². The lowest BCUT2D eigenvalue weighted by molar-refractivity contribution is -0.131. The minimum Gasteiger partial charge on any atom is -0.318 e. The van der Waals surface area contributed by atoms with Crippen molar-refractivity contribution in [1.82, 2.24) is 10.3 Å². The Morgan fingerprint density at radius 1 is 1.12 bits per heavy atom. The van der Waals surface area contributed by atoms with Crippen molar-refractivity contribution in [2.24, 2.45) is 5.10 Å². The molecule has 122 valence electrons. The summed E-state index contributed by atoms with van der Waals surface area (Å²) in [7, 11) is 0. The second-order valence-electron chi connectivity index (χ2n) is 5.44. The van der Waals surface area contributed by atoms with Crippen molar-refractivity contribution in [3.05, 3.63) is 70.2 Å². The van der Waals surface area contributed by atoms with Gasteiger partial charge in [-0.3, -0.25) is 4.79 Å². The molecule has 1 atom stereocenters. The van der Waals surface area contributed by atoms with E-state index in [0.717, 1.165) is 20.6 Å². The summed E-state index contributed by atoms with van der Waals surface area (Å²) in [5.41, 5.74) is 0.472. The first-order chi connectivity index (χ1) is 11.6. The number of carbonyl (C=O) groups is 2. The van der Waals surface area contributed by atoms with Gasteiger partial charge in [-0.25, -0.2) is 4.79 Å². The maximum Gasteiger partial charge on any atom is 0.346 e. The van der Waals surface area contributed by atoms with Gasteiger partial charge in [0.05, 0.1) is 6.21 Å². The molecule has 1 N–H and O–H groups in total. The Balaban J connectivity index is 1.93. The van der Waals surface area contributed by atoms with Crippen LogP contribution >= 0.6 is 15.9 Å². The molecule has 1 saturated heterocycles. The van der Waals surface area contributed by atoms with E-state index in [1.165, 1.54) is 6.21 Å². The van der Waals surface area contributed by atoms with Crippen LogP contribution < -0.4 is 5.32 Å². The number of benzene rings is 2. The number of hydrogen-bond acceptors (Lipinski definition) is 3. The number of carbonyl (C=O) groups excluding carboxylic acids is 2. The van der Waals surface area contributed by atoms with E-state index in [1.54, 1.807) is 0 Å². The fraction of sp³-hybridized carbons (Fsp3) is 0.167. The van der Waals surface area contributed by atoms with Crippen molar-refractivity contribution in [1.29, 1.82) is 0 Å². The molecule has 0 bridgehead atoms. The Hall–Kier alpha value is -2.47. The highest BCUT2D eigenvalue weighted by Crippen LogP contribution is 2.32. The quantitative estimate of drug-likeness (QED) is 0.644. The summed E-state index contributed by atoms with van der Waals surface area (Å²) >= 11 is 3.41. The van der Waals surface area contributed by atoms with Crippen LogP contribution in [0.5, 0.6) is 0 Å².